The fraction of sp³-hybridized carbons (Fsp3) is 0.0154. The van der Waals surface area contributed by atoms with Crippen LogP contribution in [0.4, 0.5) is 17.1 Å². The van der Waals surface area contributed by atoms with Crippen molar-refractivity contribution in [2.75, 3.05) is 4.90 Å². The van der Waals surface area contributed by atoms with E-state index in [4.69, 9.17) is 9.97 Å². The third-order valence-corrected chi connectivity index (χ3v) is 14.4. The maximum absolute atomic E-state index is 5.29. The quantitative estimate of drug-likeness (QED) is 0.167. The highest BCUT2D eigenvalue weighted by molar-refractivity contribution is 6.10. The average molecular weight is 879 g/mol. The lowest BCUT2D eigenvalue weighted by Crippen LogP contribution is -2.36. The van der Waals surface area contributed by atoms with E-state index in [1.54, 1.807) is 0 Å². The van der Waals surface area contributed by atoms with Crippen LogP contribution in [0.3, 0.4) is 0 Å². The molecule has 2 aromatic heterocycles. The van der Waals surface area contributed by atoms with E-state index in [-0.39, 0.29) is 0 Å². The monoisotopic (exact) mass is 878 g/mol. The molecule has 1 spiro atoms. The predicted octanol–water partition coefficient (Wildman–Crippen LogP) is 16.4. The summed E-state index contributed by atoms with van der Waals surface area (Å²) in [5.74, 6) is 0.636. The Morgan fingerprint density at radius 3 is 1.51 bits per heavy atom. The Bertz CT molecular complexity index is 3860. The Hall–Kier alpha value is -9.12. The van der Waals surface area contributed by atoms with Crippen molar-refractivity contribution in [3.05, 3.63) is 277 Å². The third kappa shape index (κ3) is 5.95. The molecule has 0 N–H and O–H groups in total. The zero-order valence-electron chi connectivity index (χ0n) is 37.5. The van der Waals surface area contributed by atoms with Crippen LogP contribution in [0.2, 0.25) is 0 Å². The van der Waals surface area contributed by atoms with Crippen LogP contribution in [0.25, 0.3) is 83.6 Å². The molecule has 0 fully saturated rings. The second kappa shape index (κ2) is 15.5. The molecule has 4 heteroatoms. The van der Waals surface area contributed by atoms with E-state index < -0.39 is 5.41 Å². The highest BCUT2D eigenvalue weighted by Crippen LogP contribution is 2.63. The molecule has 0 saturated carbocycles. The van der Waals surface area contributed by atoms with E-state index in [2.05, 4.69) is 252 Å². The first kappa shape index (κ1) is 39.1. The number of anilines is 3. The molecule has 0 atom stereocenters. The SMILES string of the molecule is c1ccc(-c2cccc(N3c4ccccc4C4(c5ccccc5-c5ccccc54)c4ccc(-c5ccc6c(c5)c5ccccc5n6-c5nc(-c6ccccc6)cc(-c6ccccc6)n5)cc43)c2)cc1. The van der Waals surface area contributed by atoms with Crippen LogP contribution in [-0.2, 0) is 5.41 Å². The van der Waals surface area contributed by atoms with Crippen LogP contribution in [0.15, 0.2) is 255 Å². The van der Waals surface area contributed by atoms with Crippen molar-refractivity contribution in [2.45, 2.75) is 5.41 Å². The summed E-state index contributed by atoms with van der Waals surface area (Å²) in [6.45, 7) is 0. The first-order valence-electron chi connectivity index (χ1n) is 23.7. The second-order valence-corrected chi connectivity index (χ2v) is 18.1. The highest BCUT2D eigenvalue weighted by atomic mass is 15.2. The first-order valence-corrected chi connectivity index (χ1v) is 23.7. The number of benzene rings is 10. The van der Waals surface area contributed by atoms with Crippen LogP contribution in [-0.4, -0.2) is 14.5 Å². The van der Waals surface area contributed by atoms with Gasteiger partial charge >= 0.3 is 0 Å². The zero-order chi connectivity index (χ0) is 45.5. The average Bonchev–Trinajstić information content (AvgIpc) is 3.92. The highest BCUT2D eigenvalue weighted by Gasteiger charge is 2.51. The first-order chi connectivity index (χ1) is 34.2. The molecule has 1 aliphatic carbocycles. The van der Waals surface area contributed by atoms with Gasteiger partial charge in [-0.25, -0.2) is 9.97 Å². The van der Waals surface area contributed by atoms with Gasteiger partial charge in [-0.2, -0.15) is 0 Å². The minimum Gasteiger partial charge on any atom is -0.310 e. The fourth-order valence-corrected chi connectivity index (χ4v) is 11.4. The summed E-state index contributed by atoms with van der Waals surface area (Å²) in [4.78, 5) is 13.1. The second-order valence-electron chi connectivity index (χ2n) is 18.1. The molecule has 0 bridgehead atoms. The Balaban J connectivity index is 0.995. The molecule has 0 radical (unpaired) electrons. The van der Waals surface area contributed by atoms with Gasteiger partial charge in [0.25, 0.3) is 0 Å². The molecule has 322 valence electrons. The molecule has 12 aromatic rings. The van der Waals surface area contributed by atoms with Gasteiger partial charge in [-0.15, -0.1) is 0 Å². The summed E-state index contributed by atoms with van der Waals surface area (Å²) in [5.41, 5.74) is 21.2. The molecule has 3 heterocycles. The third-order valence-electron chi connectivity index (χ3n) is 14.4. The summed E-state index contributed by atoms with van der Waals surface area (Å²) >= 11 is 0. The molecular formula is C65H42N4. The van der Waals surface area contributed by atoms with Gasteiger partial charge in [-0.05, 0) is 104 Å². The normalized spacial score (nSPS) is 13.0. The predicted molar refractivity (Wildman–Crippen MR) is 284 cm³/mol. The summed E-state index contributed by atoms with van der Waals surface area (Å²) in [7, 11) is 0. The van der Waals surface area contributed by atoms with Gasteiger partial charge < -0.3 is 4.90 Å². The van der Waals surface area contributed by atoms with Crippen LogP contribution in [0.5, 0.6) is 0 Å². The van der Waals surface area contributed by atoms with Crippen molar-refractivity contribution in [3.8, 4) is 61.8 Å². The smallest absolute Gasteiger partial charge is 0.235 e. The topological polar surface area (TPSA) is 34.0 Å². The largest absolute Gasteiger partial charge is 0.310 e. The van der Waals surface area contributed by atoms with Crippen LogP contribution in [0.1, 0.15) is 22.3 Å². The molecular weight excluding hydrogens is 837 g/mol. The molecule has 2 aliphatic rings. The number of rotatable bonds is 6. The van der Waals surface area contributed by atoms with Crippen molar-refractivity contribution in [1.82, 2.24) is 14.5 Å². The van der Waals surface area contributed by atoms with E-state index in [9.17, 15) is 0 Å². The molecule has 69 heavy (non-hydrogen) atoms. The van der Waals surface area contributed by atoms with Gasteiger partial charge in [-0.3, -0.25) is 4.57 Å². The molecule has 10 aromatic carbocycles. The molecule has 0 amide bonds. The van der Waals surface area contributed by atoms with Gasteiger partial charge in [0.15, 0.2) is 0 Å². The van der Waals surface area contributed by atoms with Gasteiger partial charge in [0.1, 0.15) is 0 Å². The van der Waals surface area contributed by atoms with Crippen molar-refractivity contribution >= 4 is 38.9 Å². The molecule has 14 rings (SSSR count). The zero-order valence-corrected chi connectivity index (χ0v) is 37.5. The fourth-order valence-electron chi connectivity index (χ4n) is 11.4. The molecule has 4 nitrogen and oxygen atoms in total. The Morgan fingerprint density at radius 1 is 0.304 bits per heavy atom. The molecule has 0 unspecified atom stereocenters. The van der Waals surface area contributed by atoms with Crippen molar-refractivity contribution in [1.29, 1.82) is 0 Å². The molecule has 0 saturated heterocycles. The summed E-state index contributed by atoms with van der Waals surface area (Å²) in [6.07, 6.45) is 0. The van der Waals surface area contributed by atoms with E-state index in [0.717, 1.165) is 66.8 Å². The van der Waals surface area contributed by atoms with Gasteiger partial charge in [0.05, 0.1) is 39.2 Å². The lowest BCUT2D eigenvalue weighted by atomic mass is 9.64. The maximum Gasteiger partial charge on any atom is 0.235 e. The minimum absolute atomic E-state index is 0.532. The number of aromatic nitrogens is 3. The molecule has 1 aliphatic heterocycles. The standard InChI is InChI=1S/C65H42N4/c1-4-19-43(20-5-1)46-25-18-26-49(39-46)68-62-34-17-15-32-56(62)65(54-30-13-10-27-50(54)51-28-11-14-31-55(51)65)57-37-35-48(41-63(57)68)47-36-38-61-53(40-47)52-29-12-16-33-60(52)69(61)64-66-58(44-21-6-2-7-22-44)42-59(67-64)45-23-8-3-9-24-45/h1-42H. The lowest BCUT2D eigenvalue weighted by molar-refractivity contribution is 0.753. The van der Waals surface area contributed by atoms with Gasteiger partial charge in [0.2, 0.25) is 5.95 Å². The Labute approximate surface area is 400 Å². The van der Waals surface area contributed by atoms with Crippen LogP contribution in [0, 0.1) is 0 Å². The summed E-state index contributed by atoms with van der Waals surface area (Å²) in [6, 6.07) is 92.4. The number of para-hydroxylation sites is 2. The number of hydrogen-bond donors (Lipinski definition) is 0. The van der Waals surface area contributed by atoms with Crippen molar-refractivity contribution in [3.63, 3.8) is 0 Å². The van der Waals surface area contributed by atoms with E-state index in [1.807, 2.05) is 12.1 Å². The Kier molecular flexibility index (Phi) is 8.77. The van der Waals surface area contributed by atoms with E-state index in [0.29, 0.717) is 5.95 Å². The van der Waals surface area contributed by atoms with Gasteiger partial charge in [-0.1, -0.05) is 206 Å². The van der Waals surface area contributed by atoms with Crippen molar-refractivity contribution < 1.29 is 0 Å². The lowest BCUT2D eigenvalue weighted by Gasteiger charge is -2.45. The summed E-state index contributed by atoms with van der Waals surface area (Å²) < 4.78 is 2.23. The van der Waals surface area contributed by atoms with Gasteiger partial charge in [0, 0.05) is 27.6 Å². The minimum atomic E-state index is -0.532. The van der Waals surface area contributed by atoms with E-state index in [1.165, 1.54) is 50.2 Å². The van der Waals surface area contributed by atoms with E-state index >= 15 is 0 Å². The van der Waals surface area contributed by atoms with Crippen molar-refractivity contribution in [2.24, 2.45) is 0 Å². The number of fused-ring (bicyclic) bond motifs is 12. The number of nitrogens with zero attached hydrogens (tertiary/aromatic N) is 4. The Morgan fingerprint density at radius 2 is 0.812 bits per heavy atom. The van der Waals surface area contributed by atoms with Crippen LogP contribution < -0.4 is 4.90 Å². The van der Waals surface area contributed by atoms with Crippen LogP contribution >= 0.6 is 0 Å². The maximum atomic E-state index is 5.29. The number of hydrogen-bond acceptors (Lipinski definition) is 3. The summed E-state index contributed by atoms with van der Waals surface area (Å²) in [5, 5.41) is 2.29.